The van der Waals surface area contributed by atoms with Gasteiger partial charge in [-0.1, -0.05) is 19.4 Å². The van der Waals surface area contributed by atoms with Crippen molar-refractivity contribution < 1.29 is 12.8 Å². The fourth-order valence-electron chi connectivity index (χ4n) is 2.54. The van der Waals surface area contributed by atoms with E-state index in [-0.39, 0.29) is 22.4 Å². The molecule has 1 aromatic carbocycles. The van der Waals surface area contributed by atoms with Crippen LogP contribution in [0.2, 0.25) is 0 Å². The summed E-state index contributed by atoms with van der Waals surface area (Å²) < 4.78 is 40.8. The third kappa shape index (κ3) is 3.19. The Balaban J connectivity index is 2.17. The lowest BCUT2D eigenvalue weighted by atomic mass is 10.0. The van der Waals surface area contributed by atoms with Crippen molar-refractivity contribution in [3.05, 3.63) is 29.6 Å². The minimum atomic E-state index is -3.71. The van der Waals surface area contributed by atoms with Crippen molar-refractivity contribution in [3.8, 4) is 0 Å². The van der Waals surface area contributed by atoms with E-state index < -0.39 is 15.8 Å². The zero-order chi connectivity index (χ0) is 14.8. The topological polar surface area (TPSA) is 72.2 Å². The Bertz CT molecular complexity index is 583. The lowest BCUT2D eigenvalue weighted by molar-refractivity contribution is 0.449. The summed E-state index contributed by atoms with van der Waals surface area (Å²) in [5.41, 5.74) is 5.61. The van der Waals surface area contributed by atoms with Crippen LogP contribution in [0.15, 0.2) is 23.1 Å². The molecular weight excluding hydrogens is 279 g/mol. The predicted octanol–water partition coefficient (Wildman–Crippen LogP) is 2.14. The molecule has 0 aliphatic heterocycles. The van der Waals surface area contributed by atoms with Gasteiger partial charge in [-0.05, 0) is 36.8 Å². The van der Waals surface area contributed by atoms with Crippen LogP contribution in [0.1, 0.15) is 38.2 Å². The lowest BCUT2D eigenvalue weighted by Crippen LogP contribution is -2.31. The Hall–Kier alpha value is -0.980. The first kappa shape index (κ1) is 15.4. The monoisotopic (exact) mass is 300 g/mol. The maximum absolute atomic E-state index is 13.6. The van der Waals surface area contributed by atoms with Crippen LogP contribution in [-0.4, -0.2) is 15.0 Å². The number of benzene rings is 1. The van der Waals surface area contributed by atoms with Gasteiger partial charge in [-0.15, -0.1) is 0 Å². The Morgan fingerprint density at radius 2 is 2.10 bits per heavy atom. The van der Waals surface area contributed by atoms with Crippen LogP contribution in [0.5, 0.6) is 0 Å². The van der Waals surface area contributed by atoms with Crippen molar-refractivity contribution in [1.29, 1.82) is 0 Å². The zero-order valence-corrected chi connectivity index (χ0v) is 12.5. The van der Waals surface area contributed by atoms with Gasteiger partial charge in [0.1, 0.15) is 5.82 Å². The zero-order valence-electron chi connectivity index (χ0n) is 11.7. The van der Waals surface area contributed by atoms with Gasteiger partial charge in [0.25, 0.3) is 0 Å². The second kappa shape index (κ2) is 5.79. The highest BCUT2D eigenvalue weighted by Crippen LogP contribution is 2.49. The summed E-state index contributed by atoms with van der Waals surface area (Å²) in [6.45, 7) is 2.38. The molecule has 0 bridgehead atoms. The second-order valence-corrected chi connectivity index (χ2v) is 7.23. The summed E-state index contributed by atoms with van der Waals surface area (Å²) in [7, 11) is -3.71. The molecule has 0 spiro atoms. The SMILES string of the molecule is CCCC1(CNS(=O)(=O)c2cccc(F)c2CN)CC1. The molecule has 2 rings (SSSR count). The van der Waals surface area contributed by atoms with Gasteiger partial charge in [-0.3, -0.25) is 0 Å². The summed E-state index contributed by atoms with van der Waals surface area (Å²) in [5.74, 6) is -0.579. The number of nitrogens with one attached hydrogen (secondary N) is 1. The minimum Gasteiger partial charge on any atom is -0.326 e. The van der Waals surface area contributed by atoms with Gasteiger partial charge in [0.05, 0.1) is 4.90 Å². The molecule has 0 radical (unpaired) electrons. The number of halogens is 1. The van der Waals surface area contributed by atoms with E-state index in [4.69, 9.17) is 5.73 Å². The summed E-state index contributed by atoms with van der Waals surface area (Å²) in [6.07, 6.45) is 4.16. The summed E-state index contributed by atoms with van der Waals surface area (Å²) >= 11 is 0. The maximum Gasteiger partial charge on any atom is 0.241 e. The molecular formula is C14H21FN2O2S. The average molecular weight is 300 g/mol. The highest BCUT2D eigenvalue weighted by Gasteiger charge is 2.42. The molecule has 3 N–H and O–H groups in total. The molecule has 1 saturated carbocycles. The number of hydrogen-bond donors (Lipinski definition) is 2. The fraction of sp³-hybridized carbons (Fsp3) is 0.571. The van der Waals surface area contributed by atoms with E-state index in [1.807, 2.05) is 0 Å². The quantitative estimate of drug-likeness (QED) is 0.810. The molecule has 20 heavy (non-hydrogen) atoms. The Morgan fingerprint density at radius 1 is 1.40 bits per heavy atom. The third-order valence-electron chi connectivity index (χ3n) is 3.94. The van der Waals surface area contributed by atoms with Crippen molar-refractivity contribution >= 4 is 10.0 Å². The first-order chi connectivity index (χ1) is 9.44. The van der Waals surface area contributed by atoms with Gasteiger partial charge in [0, 0.05) is 18.7 Å². The van der Waals surface area contributed by atoms with Gasteiger partial charge in [0.2, 0.25) is 10.0 Å². The van der Waals surface area contributed by atoms with E-state index in [1.54, 1.807) is 0 Å². The van der Waals surface area contributed by atoms with Crippen LogP contribution >= 0.6 is 0 Å². The van der Waals surface area contributed by atoms with E-state index in [0.29, 0.717) is 6.54 Å². The Labute approximate surface area is 119 Å². The Kier molecular flexibility index (Phi) is 4.46. The molecule has 1 aliphatic rings. The number of sulfonamides is 1. The smallest absolute Gasteiger partial charge is 0.241 e. The van der Waals surface area contributed by atoms with Crippen LogP contribution < -0.4 is 10.5 Å². The van der Waals surface area contributed by atoms with Gasteiger partial charge < -0.3 is 5.73 Å². The van der Waals surface area contributed by atoms with Crippen molar-refractivity contribution in [3.63, 3.8) is 0 Å². The molecule has 0 amide bonds. The van der Waals surface area contributed by atoms with Crippen molar-refractivity contribution in [2.24, 2.45) is 11.1 Å². The Morgan fingerprint density at radius 3 is 2.65 bits per heavy atom. The maximum atomic E-state index is 13.6. The summed E-state index contributed by atoms with van der Waals surface area (Å²) in [5, 5.41) is 0. The summed E-state index contributed by atoms with van der Waals surface area (Å²) in [6, 6.07) is 4.01. The van der Waals surface area contributed by atoms with Crippen LogP contribution in [0.3, 0.4) is 0 Å². The molecule has 112 valence electrons. The van der Waals surface area contributed by atoms with E-state index in [0.717, 1.165) is 25.7 Å². The largest absolute Gasteiger partial charge is 0.326 e. The van der Waals surface area contributed by atoms with Gasteiger partial charge in [-0.2, -0.15) is 0 Å². The van der Waals surface area contributed by atoms with Crippen LogP contribution in [-0.2, 0) is 16.6 Å². The minimum absolute atomic E-state index is 0.0420. The predicted molar refractivity (Wildman–Crippen MR) is 76.1 cm³/mol. The molecule has 0 heterocycles. The molecule has 1 fully saturated rings. The molecule has 6 heteroatoms. The molecule has 0 unspecified atom stereocenters. The van der Waals surface area contributed by atoms with E-state index in [9.17, 15) is 12.8 Å². The van der Waals surface area contributed by atoms with Crippen LogP contribution in [0.25, 0.3) is 0 Å². The van der Waals surface area contributed by atoms with Gasteiger partial charge >= 0.3 is 0 Å². The molecule has 1 aliphatic carbocycles. The average Bonchev–Trinajstić information content (AvgIpc) is 3.17. The highest BCUT2D eigenvalue weighted by atomic mass is 32.2. The van der Waals surface area contributed by atoms with Crippen LogP contribution in [0.4, 0.5) is 4.39 Å². The molecule has 1 aromatic rings. The molecule has 0 aromatic heterocycles. The van der Waals surface area contributed by atoms with E-state index >= 15 is 0 Å². The van der Waals surface area contributed by atoms with Gasteiger partial charge in [0.15, 0.2) is 0 Å². The fourth-order valence-corrected chi connectivity index (χ4v) is 3.95. The van der Waals surface area contributed by atoms with Gasteiger partial charge in [-0.25, -0.2) is 17.5 Å². The molecule has 0 saturated heterocycles. The van der Waals surface area contributed by atoms with E-state index in [1.165, 1.54) is 18.2 Å². The molecule has 0 atom stereocenters. The lowest BCUT2D eigenvalue weighted by Gasteiger charge is -2.16. The van der Waals surface area contributed by atoms with Crippen molar-refractivity contribution in [2.75, 3.05) is 6.54 Å². The normalized spacial score (nSPS) is 17.1. The van der Waals surface area contributed by atoms with Crippen LogP contribution in [0, 0.1) is 11.2 Å². The summed E-state index contributed by atoms with van der Waals surface area (Å²) in [4.78, 5) is -0.0488. The standard InChI is InChI=1S/C14H21FN2O2S/c1-2-6-14(7-8-14)10-17-20(18,19)13-5-3-4-12(15)11(13)9-16/h3-5,17H,2,6-10,16H2,1H3. The number of nitrogens with two attached hydrogens (primary N) is 1. The second-order valence-electron chi connectivity index (χ2n) is 5.50. The first-order valence-corrected chi connectivity index (χ1v) is 8.39. The highest BCUT2D eigenvalue weighted by molar-refractivity contribution is 7.89. The van der Waals surface area contributed by atoms with E-state index in [2.05, 4.69) is 11.6 Å². The first-order valence-electron chi connectivity index (χ1n) is 6.91. The molecule has 4 nitrogen and oxygen atoms in total. The number of rotatable bonds is 7. The van der Waals surface area contributed by atoms with Crippen molar-refractivity contribution in [1.82, 2.24) is 4.72 Å². The van der Waals surface area contributed by atoms with Crippen molar-refractivity contribution in [2.45, 2.75) is 44.0 Å². The third-order valence-corrected chi connectivity index (χ3v) is 5.43. The number of hydrogen-bond acceptors (Lipinski definition) is 3.